The van der Waals surface area contributed by atoms with Crippen molar-refractivity contribution in [2.45, 2.75) is 30.6 Å². The molecule has 5 aromatic carbocycles. The molecule has 0 aliphatic rings. The smallest absolute Gasteiger partial charge is 0.296 e. The minimum Gasteiger partial charge on any atom is -0.494 e. The number of nitrogens with one attached hydrogen (secondary N) is 1. The number of amides is 1. The molecule has 0 spiro atoms. The first kappa shape index (κ1) is 38.0. The summed E-state index contributed by atoms with van der Waals surface area (Å²) in [5, 5.41) is 28.0. The summed E-state index contributed by atoms with van der Waals surface area (Å²) in [5.41, 5.74) is 11.2. The van der Waals surface area contributed by atoms with E-state index < -0.39 is 35.7 Å². The molecule has 0 fully saturated rings. The van der Waals surface area contributed by atoms with Gasteiger partial charge in [0.1, 0.15) is 16.3 Å². The van der Waals surface area contributed by atoms with Crippen LogP contribution >= 0.6 is 0 Å². The molecule has 16 nitrogen and oxygen atoms in total. The fraction of sp³-hybridized carbons (Fsp3) is 0.114. The van der Waals surface area contributed by atoms with Crippen molar-refractivity contribution in [3.05, 3.63) is 113 Å². The van der Waals surface area contributed by atoms with Crippen LogP contribution in [0.15, 0.2) is 131 Å². The van der Waals surface area contributed by atoms with E-state index in [1.165, 1.54) is 7.11 Å². The lowest BCUT2D eigenvalue weighted by atomic mass is 10.1. The maximum atomic E-state index is 12.7. The number of aryl methyl sites for hydroxylation is 3. The van der Waals surface area contributed by atoms with E-state index in [1.807, 2.05) is 13.8 Å². The van der Waals surface area contributed by atoms with Crippen LogP contribution in [0, 0.1) is 20.8 Å². The SMILES string of the molecule is COc1cc(N=Nc2ccc(N=Nc3ccc(N=Nc4cc(S(=O)(=O)O)ccc4S(=O)(=O)O)c(C)c3)c(C)c2)c(C)cc1NC(=O)c1ccc(N)cc1. The maximum Gasteiger partial charge on any atom is 0.296 e. The van der Waals surface area contributed by atoms with Crippen LogP contribution in [0.4, 0.5) is 45.5 Å². The van der Waals surface area contributed by atoms with E-state index in [-0.39, 0.29) is 5.91 Å². The number of rotatable bonds is 11. The van der Waals surface area contributed by atoms with Gasteiger partial charge in [-0.15, -0.1) is 5.11 Å². The Morgan fingerprint density at radius 3 is 1.68 bits per heavy atom. The van der Waals surface area contributed by atoms with E-state index in [0.717, 1.165) is 29.3 Å². The van der Waals surface area contributed by atoms with Crippen LogP contribution < -0.4 is 15.8 Å². The van der Waals surface area contributed by atoms with Gasteiger partial charge in [-0.25, -0.2) is 0 Å². The van der Waals surface area contributed by atoms with Crippen molar-refractivity contribution in [2.75, 3.05) is 18.2 Å². The van der Waals surface area contributed by atoms with E-state index >= 15 is 0 Å². The molecular formula is C35H32N8O8S2. The first-order valence-corrected chi connectivity index (χ1v) is 18.3. The number of methoxy groups -OCH3 is 1. The molecule has 0 saturated carbocycles. The highest BCUT2D eigenvalue weighted by Gasteiger charge is 2.20. The Balaban J connectivity index is 1.29. The van der Waals surface area contributed by atoms with Gasteiger partial charge in [0.05, 0.1) is 46.1 Å². The molecule has 0 saturated heterocycles. The van der Waals surface area contributed by atoms with Gasteiger partial charge in [-0.3, -0.25) is 13.9 Å². The number of nitrogens with two attached hydrogens (primary N) is 1. The summed E-state index contributed by atoms with van der Waals surface area (Å²) in [7, 11) is -7.97. The van der Waals surface area contributed by atoms with Crippen LogP contribution in [0.3, 0.4) is 0 Å². The van der Waals surface area contributed by atoms with Gasteiger partial charge in [0.2, 0.25) is 0 Å². The topological polar surface area (TPSA) is 247 Å². The third kappa shape index (κ3) is 9.57. The second-order valence-corrected chi connectivity index (χ2v) is 14.3. The Morgan fingerprint density at radius 1 is 0.623 bits per heavy atom. The Labute approximate surface area is 304 Å². The Hall–Kier alpha value is -6.21. The number of nitrogens with zero attached hydrogens (tertiary/aromatic N) is 6. The van der Waals surface area contributed by atoms with Crippen molar-refractivity contribution in [1.29, 1.82) is 0 Å². The second-order valence-electron chi connectivity index (χ2n) is 11.5. The predicted octanol–water partition coefficient (Wildman–Crippen LogP) is 9.19. The highest BCUT2D eigenvalue weighted by molar-refractivity contribution is 7.86. The van der Waals surface area contributed by atoms with Crippen LogP contribution in [-0.2, 0) is 20.2 Å². The van der Waals surface area contributed by atoms with Crippen molar-refractivity contribution in [3.63, 3.8) is 0 Å². The number of ether oxygens (including phenoxy) is 1. The number of hydrogen-bond donors (Lipinski definition) is 4. The third-order valence-corrected chi connectivity index (χ3v) is 9.37. The molecule has 5 rings (SSSR count). The van der Waals surface area contributed by atoms with Crippen molar-refractivity contribution in [1.82, 2.24) is 0 Å². The molecule has 0 aromatic heterocycles. The van der Waals surface area contributed by atoms with E-state index in [4.69, 9.17) is 10.5 Å². The zero-order valence-electron chi connectivity index (χ0n) is 28.6. The van der Waals surface area contributed by atoms with Crippen molar-refractivity contribution >= 4 is 71.6 Å². The number of hydrogen-bond acceptors (Lipinski definition) is 13. The van der Waals surface area contributed by atoms with Gasteiger partial charge in [-0.05, 0) is 122 Å². The molecule has 0 atom stereocenters. The van der Waals surface area contributed by atoms with E-state index in [9.17, 15) is 30.7 Å². The summed E-state index contributed by atoms with van der Waals surface area (Å²) in [6.45, 7) is 5.37. The lowest BCUT2D eigenvalue weighted by Gasteiger charge is -2.13. The van der Waals surface area contributed by atoms with Gasteiger partial charge in [0, 0.05) is 17.3 Å². The molecule has 5 aromatic rings. The molecule has 1 amide bonds. The zero-order valence-corrected chi connectivity index (χ0v) is 30.2. The third-order valence-electron chi connectivity index (χ3n) is 7.62. The summed E-state index contributed by atoms with van der Waals surface area (Å²) >= 11 is 0. The molecule has 0 radical (unpaired) electrons. The maximum absolute atomic E-state index is 12.7. The number of benzene rings is 5. The largest absolute Gasteiger partial charge is 0.494 e. The minimum atomic E-state index is -4.78. The molecule has 272 valence electrons. The van der Waals surface area contributed by atoms with Crippen molar-refractivity contribution in [3.8, 4) is 5.75 Å². The van der Waals surface area contributed by atoms with Crippen LogP contribution in [0.2, 0.25) is 0 Å². The monoisotopic (exact) mass is 756 g/mol. The first-order valence-electron chi connectivity index (χ1n) is 15.4. The number of carbonyl (C=O) groups is 1. The zero-order chi connectivity index (χ0) is 38.5. The first-order chi connectivity index (χ1) is 25.0. The molecular weight excluding hydrogens is 725 g/mol. The molecule has 0 bridgehead atoms. The van der Waals surface area contributed by atoms with E-state index in [1.54, 1.807) is 79.7 Å². The minimum absolute atomic E-state index is 0.291. The van der Waals surface area contributed by atoms with E-state index in [0.29, 0.717) is 56.7 Å². The second kappa shape index (κ2) is 15.6. The lowest BCUT2D eigenvalue weighted by molar-refractivity contribution is 0.102. The van der Waals surface area contributed by atoms with Crippen molar-refractivity contribution in [2.24, 2.45) is 30.7 Å². The van der Waals surface area contributed by atoms with Crippen LogP contribution in [0.5, 0.6) is 5.75 Å². The highest BCUT2D eigenvalue weighted by atomic mass is 32.2. The number of carbonyl (C=O) groups excluding carboxylic acids is 1. The number of nitrogen functional groups attached to an aromatic ring is 1. The van der Waals surface area contributed by atoms with Gasteiger partial charge in [-0.1, -0.05) is 0 Å². The molecule has 53 heavy (non-hydrogen) atoms. The molecule has 0 aliphatic heterocycles. The summed E-state index contributed by atoms with van der Waals surface area (Å²) in [6.07, 6.45) is 0. The van der Waals surface area contributed by atoms with Gasteiger partial charge in [0.25, 0.3) is 26.1 Å². The van der Waals surface area contributed by atoms with Gasteiger partial charge < -0.3 is 15.8 Å². The average molecular weight is 757 g/mol. The highest BCUT2D eigenvalue weighted by Crippen LogP contribution is 2.36. The molecule has 18 heteroatoms. The van der Waals surface area contributed by atoms with Crippen LogP contribution in [0.1, 0.15) is 27.0 Å². The molecule has 0 aliphatic carbocycles. The van der Waals surface area contributed by atoms with Gasteiger partial charge in [0.15, 0.2) is 0 Å². The predicted molar refractivity (Wildman–Crippen MR) is 197 cm³/mol. The Kier molecular flexibility index (Phi) is 11.2. The Morgan fingerprint density at radius 2 is 1.15 bits per heavy atom. The fourth-order valence-corrected chi connectivity index (χ4v) is 5.90. The summed E-state index contributed by atoms with van der Waals surface area (Å²) < 4.78 is 70.9. The van der Waals surface area contributed by atoms with Gasteiger partial charge in [-0.2, -0.15) is 42.4 Å². The van der Waals surface area contributed by atoms with Crippen LogP contribution in [0.25, 0.3) is 0 Å². The van der Waals surface area contributed by atoms with Crippen LogP contribution in [-0.4, -0.2) is 39.0 Å². The normalized spacial score (nSPS) is 12.2. The summed E-state index contributed by atoms with van der Waals surface area (Å²) in [4.78, 5) is 11.4. The Bertz CT molecular complexity index is 2540. The summed E-state index contributed by atoms with van der Waals surface area (Å²) in [6, 6.07) is 22.4. The summed E-state index contributed by atoms with van der Waals surface area (Å²) in [5.74, 6) is 0.0888. The molecule has 5 N–H and O–H groups in total. The van der Waals surface area contributed by atoms with E-state index in [2.05, 4.69) is 36.0 Å². The lowest BCUT2D eigenvalue weighted by Crippen LogP contribution is -2.12. The van der Waals surface area contributed by atoms with Gasteiger partial charge >= 0.3 is 0 Å². The molecule has 0 heterocycles. The fourth-order valence-electron chi connectivity index (χ4n) is 4.79. The molecule has 0 unspecified atom stereocenters. The standard InChI is InChI=1S/C35H32N8O8S2/c1-20-15-26(39-42-30-19-33(51-4)31(17-22(30)3)37-35(44)23-5-7-24(36)8-6-23)9-12-28(20)40-38-25-10-13-29(21(2)16-25)41-43-32-18-27(52(45,46)47)11-14-34(32)53(48,49)50/h5-19H,36H2,1-4H3,(H,37,44)(H,45,46,47)(H,48,49,50). The van der Waals surface area contributed by atoms with Crippen molar-refractivity contribution < 1.29 is 35.5 Å². The average Bonchev–Trinajstić information content (AvgIpc) is 3.09. The quantitative estimate of drug-likeness (QED) is 0.0569. The number of azo groups is 3. The number of anilines is 2.